The van der Waals surface area contributed by atoms with E-state index in [0.29, 0.717) is 36.1 Å². The molecule has 1 N–H and O–H groups in total. The molecule has 0 bridgehead atoms. The van der Waals surface area contributed by atoms with Gasteiger partial charge in [-0.05, 0) is 70.8 Å². The van der Waals surface area contributed by atoms with E-state index in [2.05, 4.69) is 49.8 Å². The number of benzene rings is 2. The van der Waals surface area contributed by atoms with Gasteiger partial charge in [0, 0.05) is 59.8 Å². The maximum Gasteiger partial charge on any atom is 0.219 e. The molecule has 2 aromatic carbocycles. The van der Waals surface area contributed by atoms with E-state index in [-0.39, 0.29) is 11.3 Å². The molecule has 1 aromatic heterocycles. The Bertz CT molecular complexity index is 1070. The molecule has 31 heavy (non-hydrogen) atoms. The summed E-state index contributed by atoms with van der Waals surface area (Å²) in [6.45, 7) is 3.75. The lowest BCUT2D eigenvalue weighted by Gasteiger charge is -2.49. The minimum Gasteiger partial charge on any atom is -0.343 e. The first-order valence-electron chi connectivity index (χ1n) is 10.3. The fourth-order valence-electron chi connectivity index (χ4n) is 5.01. The van der Waals surface area contributed by atoms with Gasteiger partial charge in [0.25, 0.3) is 0 Å². The fourth-order valence-corrected chi connectivity index (χ4v) is 5.36. The number of hydrogen-bond donors (Lipinski definition) is 1. The van der Waals surface area contributed by atoms with Gasteiger partial charge in [-0.1, -0.05) is 23.2 Å². The van der Waals surface area contributed by atoms with E-state index in [9.17, 15) is 4.79 Å². The van der Waals surface area contributed by atoms with Crippen molar-refractivity contribution in [1.82, 2.24) is 25.5 Å². The lowest BCUT2D eigenvalue weighted by Crippen LogP contribution is -2.47. The second-order valence-electron chi connectivity index (χ2n) is 8.16. The van der Waals surface area contributed by atoms with Gasteiger partial charge >= 0.3 is 0 Å². The van der Waals surface area contributed by atoms with Gasteiger partial charge in [0.2, 0.25) is 5.91 Å². The lowest BCUT2D eigenvalue weighted by atomic mass is 9.65. The summed E-state index contributed by atoms with van der Waals surface area (Å²) in [4.78, 5) is 16.2. The Balaban J connectivity index is 1.63. The van der Waals surface area contributed by atoms with Crippen molar-refractivity contribution in [2.75, 3.05) is 24.5 Å². The predicted octanol–water partition coefficient (Wildman–Crippen LogP) is 4.13. The molecule has 1 spiro atoms. The van der Waals surface area contributed by atoms with Crippen molar-refractivity contribution >= 4 is 40.5 Å². The number of carbonyl (C=O) groups excluding carboxylic acids is 1. The van der Waals surface area contributed by atoms with Gasteiger partial charge in [-0.3, -0.25) is 4.79 Å². The van der Waals surface area contributed by atoms with E-state index in [1.54, 1.807) is 6.92 Å². The van der Waals surface area contributed by atoms with Crippen LogP contribution in [0.2, 0.25) is 10.0 Å². The predicted molar refractivity (Wildman–Crippen MR) is 120 cm³/mol. The molecule has 1 saturated heterocycles. The second-order valence-corrected chi connectivity index (χ2v) is 9.03. The van der Waals surface area contributed by atoms with Crippen LogP contribution in [0.1, 0.15) is 36.7 Å². The first-order chi connectivity index (χ1) is 15.0. The number of hydrogen-bond acceptors (Lipinski definition) is 5. The number of anilines is 2. The molecular weight excluding hydrogens is 435 g/mol. The number of aromatic nitrogens is 4. The Labute approximate surface area is 190 Å². The number of H-pyrrole nitrogens is 1. The molecule has 0 saturated carbocycles. The summed E-state index contributed by atoms with van der Waals surface area (Å²) < 4.78 is 0. The van der Waals surface area contributed by atoms with Crippen LogP contribution in [0.4, 0.5) is 11.4 Å². The first-order valence-corrected chi connectivity index (χ1v) is 11.1. The van der Waals surface area contributed by atoms with Crippen LogP contribution < -0.4 is 4.90 Å². The summed E-state index contributed by atoms with van der Waals surface area (Å²) in [6.07, 6.45) is 2.32. The number of tetrazole rings is 1. The molecule has 1 amide bonds. The summed E-state index contributed by atoms with van der Waals surface area (Å²) in [5, 5.41) is 15.6. The Hall–Kier alpha value is -2.64. The fraction of sp³-hybridized carbons (Fsp3) is 0.364. The van der Waals surface area contributed by atoms with Crippen LogP contribution in [0.5, 0.6) is 0 Å². The van der Waals surface area contributed by atoms with Gasteiger partial charge in [-0.2, -0.15) is 0 Å². The van der Waals surface area contributed by atoms with E-state index in [0.717, 1.165) is 30.0 Å². The number of piperidine rings is 1. The quantitative estimate of drug-likeness (QED) is 0.640. The van der Waals surface area contributed by atoms with E-state index < -0.39 is 0 Å². The molecule has 5 rings (SSSR count). The van der Waals surface area contributed by atoms with E-state index in [1.807, 2.05) is 17.0 Å². The van der Waals surface area contributed by atoms with Crippen molar-refractivity contribution in [3.63, 3.8) is 0 Å². The number of likely N-dealkylation sites (tertiary alicyclic amines) is 1. The van der Waals surface area contributed by atoms with Crippen LogP contribution in [0.15, 0.2) is 36.4 Å². The van der Waals surface area contributed by atoms with Gasteiger partial charge in [-0.15, -0.1) is 5.10 Å². The lowest BCUT2D eigenvalue weighted by molar-refractivity contribution is -0.130. The molecule has 3 aromatic rings. The Morgan fingerprint density at radius 1 is 1.06 bits per heavy atom. The number of carbonyl (C=O) groups is 1. The monoisotopic (exact) mass is 456 g/mol. The van der Waals surface area contributed by atoms with Gasteiger partial charge in [0.15, 0.2) is 0 Å². The van der Waals surface area contributed by atoms with Gasteiger partial charge in [-0.25, -0.2) is 5.10 Å². The summed E-state index contributed by atoms with van der Waals surface area (Å²) in [5.74, 6) is 0.853. The molecule has 7 nitrogen and oxygen atoms in total. The summed E-state index contributed by atoms with van der Waals surface area (Å²) >= 11 is 13.0. The van der Waals surface area contributed by atoms with Crippen molar-refractivity contribution in [3.05, 3.63) is 63.4 Å². The van der Waals surface area contributed by atoms with Crippen LogP contribution in [-0.2, 0) is 16.6 Å². The van der Waals surface area contributed by atoms with Crippen LogP contribution in [0, 0.1) is 0 Å². The third-order valence-corrected chi connectivity index (χ3v) is 7.02. The molecular formula is C22H22Cl2N6O. The highest BCUT2D eigenvalue weighted by molar-refractivity contribution is 6.31. The number of nitrogens with zero attached hydrogens (tertiary/aromatic N) is 5. The molecule has 3 heterocycles. The smallest absolute Gasteiger partial charge is 0.219 e. The number of amides is 1. The average molecular weight is 457 g/mol. The van der Waals surface area contributed by atoms with E-state index in [1.165, 1.54) is 11.1 Å². The van der Waals surface area contributed by atoms with Crippen LogP contribution in [0.25, 0.3) is 0 Å². The molecule has 0 aliphatic carbocycles. The number of aromatic amines is 1. The second kappa shape index (κ2) is 7.80. The van der Waals surface area contributed by atoms with Gasteiger partial charge in [0.05, 0.1) is 0 Å². The third-order valence-electron chi connectivity index (χ3n) is 6.55. The maximum absolute atomic E-state index is 12.0. The van der Waals surface area contributed by atoms with Crippen molar-refractivity contribution < 1.29 is 4.79 Å². The van der Waals surface area contributed by atoms with Crippen molar-refractivity contribution in [3.8, 4) is 0 Å². The van der Waals surface area contributed by atoms with Crippen molar-refractivity contribution in [2.45, 2.75) is 31.6 Å². The minimum atomic E-state index is -0.239. The van der Waals surface area contributed by atoms with Crippen molar-refractivity contribution in [1.29, 1.82) is 0 Å². The molecule has 0 unspecified atom stereocenters. The maximum atomic E-state index is 12.0. The minimum absolute atomic E-state index is 0.116. The summed E-state index contributed by atoms with van der Waals surface area (Å²) in [5.41, 5.74) is 4.39. The van der Waals surface area contributed by atoms with Crippen LogP contribution in [-0.4, -0.2) is 51.1 Å². The van der Waals surface area contributed by atoms with Crippen LogP contribution >= 0.6 is 23.2 Å². The topological polar surface area (TPSA) is 78.0 Å². The molecule has 2 aliphatic heterocycles. The number of rotatable bonds is 3. The summed E-state index contributed by atoms with van der Waals surface area (Å²) in [6, 6.07) is 12.2. The number of nitrogens with one attached hydrogen (secondary N) is 1. The first kappa shape index (κ1) is 20.3. The highest BCUT2D eigenvalue weighted by Gasteiger charge is 2.45. The molecule has 9 heteroatoms. The Morgan fingerprint density at radius 2 is 1.68 bits per heavy atom. The van der Waals surface area contributed by atoms with E-state index >= 15 is 0 Å². The zero-order valence-electron chi connectivity index (χ0n) is 17.1. The molecule has 2 aliphatic rings. The molecule has 0 atom stereocenters. The summed E-state index contributed by atoms with van der Waals surface area (Å²) in [7, 11) is 0. The Kier molecular flexibility index (Phi) is 5.10. The normalized spacial score (nSPS) is 16.9. The Morgan fingerprint density at radius 3 is 2.19 bits per heavy atom. The van der Waals surface area contributed by atoms with E-state index in [4.69, 9.17) is 23.2 Å². The molecule has 1 fully saturated rings. The van der Waals surface area contributed by atoms with Gasteiger partial charge in [0.1, 0.15) is 5.82 Å². The largest absolute Gasteiger partial charge is 0.343 e. The molecule has 160 valence electrons. The SMILES string of the molecule is CC(=O)N1CCC2(CC1)c1cc(Cl)ccc1N(CCc1nnn[nH]1)c1ccc(Cl)cc12. The number of halogens is 2. The number of fused-ring (bicyclic) bond motifs is 4. The molecule has 0 radical (unpaired) electrons. The highest BCUT2D eigenvalue weighted by atomic mass is 35.5. The zero-order chi connectivity index (χ0) is 21.6. The van der Waals surface area contributed by atoms with Crippen molar-refractivity contribution in [2.24, 2.45) is 0 Å². The average Bonchev–Trinajstić information content (AvgIpc) is 3.28. The zero-order valence-corrected chi connectivity index (χ0v) is 18.6. The third kappa shape index (κ3) is 3.46. The van der Waals surface area contributed by atoms with Gasteiger partial charge < -0.3 is 9.80 Å². The standard InChI is InChI=1S/C22H22Cl2N6O/c1-14(31)29-10-7-22(8-11-29)17-12-15(23)2-4-19(17)30(9-6-21-25-27-28-26-21)20-5-3-16(24)13-18(20)22/h2-5,12-13H,6-11H2,1H3,(H,25,26,27,28). The highest BCUT2D eigenvalue weighted by Crippen LogP contribution is 2.54. The van der Waals surface area contributed by atoms with Crippen LogP contribution in [0.3, 0.4) is 0 Å².